The second kappa shape index (κ2) is 10.6. The van der Waals surface area contributed by atoms with E-state index in [0.717, 1.165) is 36.3 Å². The van der Waals surface area contributed by atoms with Crippen LogP contribution in [0.3, 0.4) is 0 Å². The summed E-state index contributed by atoms with van der Waals surface area (Å²) in [6, 6.07) is 18.4. The summed E-state index contributed by atoms with van der Waals surface area (Å²) in [5.41, 5.74) is 5.73. The molecule has 2 N–H and O–H groups in total. The number of hydrogen-bond donors (Lipinski definition) is 2. The van der Waals surface area contributed by atoms with Crippen molar-refractivity contribution in [2.75, 3.05) is 17.8 Å². The van der Waals surface area contributed by atoms with Crippen molar-refractivity contribution < 1.29 is 13.2 Å². The van der Waals surface area contributed by atoms with E-state index in [0.29, 0.717) is 23.4 Å². The van der Waals surface area contributed by atoms with Crippen LogP contribution in [0.2, 0.25) is 0 Å². The molecule has 3 aromatic carbocycles. The summed E-state index contributed by atoms with van der Waals surface area (Å²) in [7, 11) is -3.85. The van der Waals surface area contributed by atoms with E-state index in [2.05, 4.69) is 27.1 Å². The molecule has 3 aromatic rings. The van der Waals surface area contributed by atoms with Crippen LogP contribution < -0.4 is 10.0 Å². The number of carbonyl (C=O) groups is 1. The molecule has 0 aromatic heterocycles. The normalized spacial score (nSPS) is 14.1. The third-order valence-electron chi connectivity index (χ3n) is 6.58. The Balaban J connectivity index is 1.41. The summed E-state index contributed by atoms with van der Waals surface area (Å²) >= 11 is 0. The Morgan fingerprint density at radius 2 is 1.49 bits per heavy atom. The van der Waals surface area contributed by atoms with E-state index in [1.165, 1.54) is 24.5 Å². The molecule has 1 fully saturated rings. The fourth-order valence-electron chi connectivity index (χ4n) is 4.29. The van der Waals surface area contributed by atoms with Crippen molar-refractivity contribution in [2.45, 2.75) is 51.6 Å². The number of sulfonamides is 1. The Morgan fingerprint density at radius 3 is 2.17 bits per heavy atom. The molecule has 6 nitrogen and oxygen atoms in total. The number of rotatable bonds is 8. The summed E-state index contributed by atoms with van der Waals surface area (Å²) in [6.45, 7) is 9.29. The van der Waals surface area contributed by atoms with Crippen LogP contribution in [0.5, 0.6) is 0 Å². The number of anilines is 1. The highest BCUT2D eigenvalue weighted by atomic mass is 32.2. The van der Waals surface area contributed by atoms with Gasteiger partial charge in [0, 0.05) is 24.3 Å². The Kier molecular flexibility index (Phi) is 7.57. The molecule has 0 saturated carbocycles. The first kappa shape index (κ1) is 24.9. The minimum atomic E-state index is -3.85. The van der Waals surface area contributed by atoms with Gasteiger partial charge in [0.05, 0.1) is 4.90 Å². The Labute approximate surface area is 208 Å². The maximum Gasteiger partial charge on any atom is 0.262 e. The molecular formula is C28H33N3O3S. The van der Waals surface area contributed by atoms with Crippen molar-refractivity contribution in [3.8, 4) is 0 Å². The largest absolute Gasteiger partial charge is 0.348 e. The van der Waals surface area contributed by atoms with E-state index in [1.807, 2.05) is 32.0 Å². The average Bonchev–Trinajstić information content (AvgIpc) is 3.34. The van der Waals surface area contributed by atoms with Gasteiger partial charge in [-0.3, -0.25) is 14.4 Å². The minimum absolute atomic E-state index is 0.0923. The third-order valence-corrected chi connectivity index (χ3v) is 8.10. The summed E-state index contributed by atoms with van der Waals surface area (Å²) in [5.74, 6) is -0.311. The predicted molar refractivity (Wildman–Crippen MR) is 140 cm³/mol. The fraction of sp³-hybridized carbons (Fsp3) is 0.321. The lowest BCUT2D eigenvalue weighted by molar-refractivity contribution is 0.0950. The van der Waals surface area contributed by atoms with Crippen LogP contribution in [0.15, 0.2) is 65.6 Å². The van der Waals surface area contributed by atoms with Gasteiger partial charge < -0.3 is 5.32 Å². The lowest BCUT2D eigenvalue weighted by Crippen LogP contribution is -2.24. The van der Waals surface area contributed by atoms with Crippen molar-refractivity contribution in [2.24, 2.45) is 0 Å². The predicted octanol–water partition coefficient (Wildman–Crippen LogP) is 4.94. The second-order valence-corrected chi connectivity index (χ2v) is 11.0. The van der Waals surface area contributed by atoms with E-state index in [1.54, 1.807) is 31.2 Å². The number of benzene rings is 3. The molecule has 0 bridgehead atoms. The molecule has 0 unspecified atom stereocenters. The van der Waals surface area contributed by atoms with Gasteiger partial charge in [0.15, 0.2) is 0 Å². The molecule has 1 heterocycles. The van der Waals surface area contributed by atoms with Gasteiger partial charge in [0.1, 0.15) is 0 Å². The van der Waals surface area contributed by atoms with Crippen LogP contribution in [0, 0.1) is 20.8 Å². The first-order valence-corrected chi connectivity index (χ1v) is 13.5. The number of likely N-dealkylation sites (tertiary alicyclic amines) is 1. The molecule has 0 spiro atoms. The van der Waals surface area contributed by atoms with E-state index >= 15 is 0 Å². The van der Waals surface area contributed by atoms with E-state index in [-0.39, 0.29) is 10.8 Å². The van der Waals surface area contributed by atoms with Crippen LogP contribution >= 0.6 is 0 Å². The molecule has 0 radical (unpaired) electrons. The number of hydrogen-bond acceptors (Lipinski definition) is 4. The smallest absolute Gasteiger partial charge is 0.262 e. The lowest BCUT2D eigenvalue weighted by Gasteiger charge is -2.15. The molecule has 0 atom stereocenters. The standard InChI is InChI=1S/C28H33N3O3S/c1-20-7-13-26(16-22(20)3)30-35(33,34)27-17-25(12-6-21(27)2)28(32)29-18-23-8-10-24(11-9-23)19-31-14-4-5-15-31/h6-13,16-17,30H,4-5,14-15,18-19H2,1-3H3,(H,29,32). The van der Waals surface area contributed by atoms with Gasteiger partial charge in [-0.1, -0.05) is 36.4 Å². The highest BCUT2D eigenvalue weighted by Gasteiger charge is 2.20. The van der Waals surface area contributed by atoms with Crippen LogP contribution in [0.25, 0.3) is 0 Å². The quantitative estimate of drug-likeness (QED) is 0.468. The zero-order valence-electron chi connectivity index (χ0n) is 20.6. The SMILES string of the molecule is Cc1ccc(NS(=O)(=O)c2cc(C(=O)NCc3ccc(CN4CCCC4)cc3)ccc2C)cc1C. The average molecular weight is 492 g/mol. The highest BCUT2D eigenvalue weighted by molar-refractivity contribution is 7.92. The molecular weight excluding hydrogens is 458 g/mol. The summed E-state index contributed by atoms with van der Waals surface area (Å²) in [5, 5.41) is 2.90. The van der Waals surface area contributed by atoms with Gasteiger partial charge >= 0.3 is 0 Å². The highest BCUT2D eigenvalue weighted by Crippen LogP contribution is 2.22. The minimum Gasteiger partial charge on any atom is -0.348 e. The van der Waals surface area contributed by atoms with Crippen LogP contribution in [0.4, 0.5) is 5.69 Å². The third kappa shape index (κ3) is 6.29. The topological polar surface area (TPSA) is 78.5 Å². The van der Waals surface area contributed by atoms with E-state index in [9.17, 15) is 13.2 Å². The number of nitrogens with one attached hydrogen (secondary N) is 2. The maximum absolute atomic E-state index is 13.1. The van der Waals surface area contributed by atoms with Gasteiger partial charge in [0.2, 0.25) is 0 Å². The van der Waals surface area contributed by atoms with Gasteiger partial charge in [-0.25, -0.2) is 8.42 Å². The van der Waals surface area contributed by atoms with Crippen LogP contribution in [-0.4, -0.2) is 32.3 Å². The number of carbonyl (C=O) groups excluding carboxylic acids is 1. The number of aryl methyl sites for hydroxylation is 3. The molecule has 1 aliphatic rings. The number of amides is 1. The molecule has 35 heavy (non-hydrogen) atoms. The Hall–Kier alpha value is -3.16. The molecule has 7 heteroatoms. The molecule has 4 rings (SSSR count). The van der Waals surface area contributed by atoms with Gasteiger partial charge in [-0.05, 0) is 98.8 Å². The summed E-state index contributed by atoms with van der Waals surface area (Å²) in [4.78, 5) is 15.4. The summed E-state index contributed by atoms with van der Waals surface area (Å²) in [6.07, 6.45) is 2.54. The lowest BCUT2D eigenvalue weighted by atomic mass is 10.1. The molecule has 0 aliphatic carbocycles. The van der Waals surface area contributed by atoms with Gasteiger partial charge in [-0.2, -0.15) is 0 Å². The van der Waals surface area contributed by atoms with Crippen molar-refractivity contribution in [1.29, 1.82) is 0 Å². The fourth-order valence-corrected chi connectivity index (χ4v) is 5.61. The van der Waals surface area contributed by atoms with E-state index < -0.39 is 10.0 Å². The molecule has 184 valence electrons. The number of nitrogens with zero attached hydrogens (tertiary/aromatic N) is 1. The van der Waals surface area contributed by atoms with Crippen molar-refractivity contribution in [1.82, 2.24) is 10.2 Å². The molecule has 1 saturated heterocycles. The Morgan fingerprint density at radius 1 is 0.829 bits per heavy atom. The van der Waals surface area contributed by atoms with Gasteiger partial charge in [0.25, 0.3) is 15.9 Å². The van der Waals surface area contributed by atoms with Crippen molar-refractivity contribution in [3.63, 3.8) is 0 Å². The molecule has 1 aliphatic heterocycles. The van der Waals surface area contributed by atoms with Crippen LogP contribution in [-0.2, 0) is 23.1 Å². The zero-order valence-corrected chi connectivity index (χ0v) is 21.4. The zero-order chi connectivity index (χ0) is 25.0. The van der Waals surface area contributed by atoms with Crippen LogP contribution in [0.1, 0.15) is 51.0 Å². The first-order valence-electron chi connectivity index (χ1n) is 12.0. The summed E-state index contributed by atoms with van der Waals surface area (Å²) < 4.78 is 28.8. The molecule has 1 amide bonds. The monoisotopic (exact) mass is 491 g/mol. The first-order chi connectivity index (χ1) is 16.7. The van der Waals surface area contributed by atoms with Crippen molar-refractivity contribution in [3.05, 3.63) is 94.0 Å². The van der Waals surface area contributed by atoms with E-state index in [4.69, 9.17) is 0 Å². The van der Waals surface area contributed by atoms with Gasteiger partial charge in [-0.15, -0.1) is 0 Å². The second-order valence-electron chi connectivity index (χ2n) is 9.37. The maximum atomic E-state index is 13.1. The van der Waals surface area contributed by atoms with Crippen molar-refractivity contribution >= 4 is 21.6 Å². The Bertz CT molecular complexity index is 1310.